The van der Waals surface area contributed by atoms with Crippen LogP contribution in [0, 0.1) is 0 Å². The van der Waals surface area contributed by atoms with Gasteiger partial charge in [0.2, 0.25) is 10.4 Å². The third-order valence-electron chi connectivity index (χ3n) is 4.55. The summed E-state index contributed by atoms with van der Waals surface area (Å²) >= 11 is 0. The van der Waals surface area contributed by atoms with Crippen LogP contribution in [0.3, 0.4) is 0 Å². The van der Waals surface area contributed by atoms with E-state index in [0.29, 0.717) is 6.42 Å². The van der Waals surface area contributed by atoms with E-state index in [1.165, 1.54) is 38.5 Å². The van der Waals surface area contributed by atoms with Gasteiger partial charge in [-0.1, -0.05) is 64.7 Å². The average Bonchev–Trinajstić information content (AvgIpc) is 2.67. The summed E-state index contributed by atoms with van der Waals surface area (Å²) in [6, 6.07) is 0. The van der Waals surface area contributed by atoms with Crippen LogP contribution in [0.15, 0.2) is 0 Å². The van der Waals surface area contributed by atoms with Gasteiger partial charge in [-0.3, -0.25) is 8.98 Å². The Hall–Kier alpha value is 0.180. The molecule has 174 valence electrons. The minimum atomic E-state index is -5.09. The van der Waals surface area contributed by atoms with Gasteiger partial charge >= 0.3 is 29.6 Å². The Kier molecular flexibility index (Phi) is 20.2. The average molecular weight is 466 g/mol. The molecule has 0 aromatic heterocycles. The van der Waals surface area contributed by atoms with Crippen LogP contribution in [0.2, 0.25) is 0 Å². The van der Waals surface area contributed by atoms with Gasteiger partial charge in [0.05, 0.1) is 6.61 Å². The molecule has 30 heavy (non-hydrogen) atoms. The maximum absolute atomic E-state index is 11.8. The van der Waals surface area contributed by atoms with Gasteiger partial charge in [0, 0.05) is 6.54 Å². The van der Waals surface area contributed by atoms with Gasteiger partial charge < -0.3 is 30.3 Å². The van der Waals surface area contributed by atoms with E-state index in [-0.39, 0.29) is 36.1 Å². The summed E-state index contributed by atoms with van der Waals surface area (Å²) in [6.07, 6.45) is 3.09. The van der Waals surface area contributed by atoms with Crippen molar-refractivity contribution in [1.29, 1.82) is 0 Å². The topological polar surface area (TPSA) is 176 Å². The molecule has 10 nitrogen and oxygen atoms in total. The Bertz CT molecular complexity index is 536. The SMILES string of the molecule is CCCCCCCCCCCCNC(=O)[C@H](O)[C@@H](O)[C@H](O)[C@H](O)COS(=O)(=O)[O-].[Na+]. The van der Waals surface area contributed by atoms with Gasteiger partial charge in [0.25, 0.3) is 5.91 Å². The van der Waals surface area contributed by atoms with Crippen LogP contribution >= 0.6 is 0 Å². The Labute approximate surface area is 201 Å². The molecule has 0 radical (unpaired) electrons. The van der Waals surface area contributed by atoms with Gasteiger partial charge in [-0.05, 0) is 6.42 Å². The van der Waals surface area contributed by atoms with Crippen LogP contribution in [0.25, 0.3) is 0 Å². The summed E-state index contributed by atoms with van der Waals surface area (Å²) in [4.78, 5) is 11.8. The molecule has 0 saturated carbocycles. The zero-order valence-electron chi connectivity index (χ0n) is 18.0. The molecule has 4 atom stereocenters. The third-order valence-corrected chi connectivity index (χ3v) is 4.97. The molecule has 0 aromatic carbocycles. The standard InChI is InChI=1S/C18H37NO9S.Na/c1-2-3-4-5-6-7-8-9-10-11-12-19-18(24)17(23)16(22)15(21)14(20)13-28-29(25,26)27;/h14-17,20-23H,2-13H2,1H3,(H,19,24)(H,25,26,27);/q;+1/p-1/t14-,15-,16+,17-;/m1./s1. The van der Waals surface area contributed by atoms with Crippen molar-refractivity contribution in [2.45, 2.75) is 95.5 Å². The number of hydrogen-bond donors (Lipinski definition) is 5. The molecule has 0 heterocycles. The van der Waals surface area contributed by atoms with E-state index in [1.807, 2.05) is 0 Å². The maximum atomic E-state index is 11.8. The number of rotatable bonds is 18. The molecule has 0 bridgehead atoms. The van der Waals surface area contributed by atoms with Gasteiger partial charge in [0.1, 0.15) is 18.3 Å². The fraction of sp³-hybridized carbons (Fsp3) is 0.944. The first-order valence-corrected chi connectivity index (χ1v) is 11.5. The summed E-state index contributed by atoms with van der Waals surface area (Å²) in [5.41, 5.74) is 0. The van der Waals surface area contributed by atoms with Crippen LogP contribution in [0.4, 0.5) is 0 Å². The summed E-state index contributed by atoms with van der Waals surface area (Å²) in [5, 5.41) is 41.0. The number of amides is 1. The Balaban J connectivity index is 0. The van der Waals surface area contributed by atoms with Crippen molar-refractivity contribution in [2.75, 3.05) is 13.2 Å². The van der Waals surface area contributed by atoms with Crippen LogP contribution in [-0.2, 0) is 19.4 Å². The predicted octanol–water partition coefficient (Wildman–Crippen LogP) is -3.05. The summed E-state index contributed by atoms with van der Waals surface area (Å²) in [6.45, 7) is 1.36. The minimum absolute atomic E-state index is 0. The second kappa shape index (κ2) is 18.7. The molecule has 0 aliphatic rings. The van der Waals surface area contributed by atoms with Gasteiger partial charge in [-0.2, -0.15) is 0 Å². The van der Waals surface area contributed by atoms with E-state index in [9.17, 15) is 38.2 Å². The molecule has 0 unspecified atom stereocenters. The van der Waals surface area contributed by atoms with E-state index in [2.05, 4.69) is 16.4 Å². The number of hydrogen-bond acceptors (Lipinski definition) is 9. The molecule has 1 amide bonds. The molecule has 12 heteroatoms. The van der Waals surface area contributed by atoms with E-state index in [0.717, 1.165) is 19.3 Å². The van der Waals surface area contributed by atoms with Gasteiger partial charge in [-0.15, -0.1) is 0 Å². The molecule has 0 spiro atoms. The van der Waals surface area contributed by atoms with Gasteiger partial charge in [0.15, 0.2) is 6.10 Å². The van der Waals surface area contributed by atoms with E-state index in [4.69, 9.17) is 0 Å². The molecule has 5 N–H and O–H groups in total. The number of carbonyl (C=O) groups is 1. The first kappa shape index (κ1) is 32.4. The van der Waals surface area contributed by atoms with Crippen LogP contribution < -0.4 is 34.9 Å². The Morgan fingerprint density at radius 3 is 1.83 bits per heavy atom. The molecule has 0 saturated heterocycles. The zero-order valence-corrected chi connectivity index (χ0v) is 20.8. The van der Waals surface area contributed by atoms with Gasteiger partial charge in [-0.25, -0.2) is 8.42 Å². The minimum Gasteiger partial charge on any atom is -0.726 e. The summed E-state index contributed by atoms with van der Waals surface area (Å²) in [7, 11) is -5.09. The molecule has 0 rings (SSSR count). The first-order chi connectivity index (χ1) is 13.6. The van der Waals surface area contributed by atoms with Crippen molar-refractivity contribution in [3.63, 3.8) is 0 Å². The normalized spacial score (nSPS) is 15.7. The molecule has 0 aromatic rings. The summed E-state index contributed by atoms with van der Waals surface area (Å²) < 4.78 is 34.7. The molecule has 0 aliphatic heterocycles. The van der Waals surface area contributed by atoms with Crippen molar-refractivity contribution in [1.82, 2.24) is 5.32 Å². The Morgan fingerprint density at radius 1 is 0.900 bits per heavy atom. The number of aliphatic hydroxyl groups excluding tert-OH is 4. The van der Waals surface area contributed by atoms with Crippen molar-refractivity contribution in [2.24, 2.45) is 0 Å². The fourth-order valence-electron chi connectivity index (χ4n) is 2.75. The monoisotopic (exact) mass is 465 g/mol. The second-order valence-corrected chi connectivity index (χ2v) is 8.21. The fourth-order valence-corrected chi connectivity index (χ4v) is 3.06. The predicted molar refractivity (Wildman–Crippen MR) is 105 cm³/mol. The molecular formula is C18H36NNaO9S. The van der Waals surface area contributed by atoms with E-state index < -0.39 is 47.3 Å². The number of carbonyl (C=O) groups excluding carboxylic acids is 1. The third kappa shape index (κ3) is 16.8. The van der Waals surface area contributed by atoms with Crippen molar-refractivity contribution >= 4 is 16.3 Å². The van der Waals surface area contributed by atoms with E-state index in [1.54, 1.807) is 0 Å². The number of aliphatic hydroxyl groups is 4. The smallest absolute Gasteiger partial charge is 0.726 e. The van der Waals surface area contributed by atoms with Crippen LogP contribution in [0.5, 0.6) is 0 Å². The first-order valence-electron chi connectivity index (χ1n) is 10.2. The zero-order chi connectivity index (χ0) is 22.3. The van der Waals surface area contributed by atoms with Crippen LogP contribution in [0.1, 0.15) is 71.1 Å². The van der Waals surface area contributed by atoms with Crippen molar-refractivity contribution in [3.05, 3.63) is 0 Å². The summed E-state index contributed by atoms with van der Waals surface area (Å²) in [5.74, 6) is -0.933. The molecule has 0 aliphatic carbocycles. The number of unbranched alkanes of at least 4 members (excludes halogenated alkanes) is 9. The van der Waals surface area contributed by atoms with Crippen molar-refractivity contribution < 1.29 is 71.9 Å². The number of nitrogens with one attached hydrogen (secondary N) is 1. The largest absolute Gasteiger partial charge is 1.00 e. The maximum Gasteiger partial charge on any atom is 1.00 e. The second-order valence-electron chi connectivity index (χ2n) is 7.16. The molecular weight excluding hydrogens is 429 g/mol. The van der Waals surface area contributed by atoms with E-state index >= 15 is 0 Å². The van der Waals surface area contributed by atoms with Crippen molar-refractivity contribution in [3.8, 4) is 0 Å². The Morgan fingerprint density at radius 2 is 1.37 bits per heavy atom. The quantitative estimate of drug-likeness (QED) is 0.0609. The van der Waals surface area contributed by atoms with Crippen LogP contribution in [-0.4, -0.2) is 76.9 Å². The molecule has 0 fully saturated rings.